The highest BCUT2D eigenvalue weighted by Gasteiger charge is 2.41. The Labute approximate surface area is 115 Å². The number of rotatable bonds is 2. The Kier molecular flexibility index (Phi) is 3.92. The van der Waals surface area contributed by atoms with E-state index in [2.05, 4.69) is 0 Å². The van der Waals surface area contributed by atoms with Gasteiger partial charge in [0.25, 0.3) is 0 Å². The number of nitrogen functional groups attached to an aromatic ring is 1. The van der Waals surface area contributed by atoms with Gasteiger partial charge in [0.15, 0.2) is 5.78 Å². The molecule has 0 spiro atoms. The van der Waals surface area contributed by atoms with Crippen LogP contribution in [0.15, 0.2) is 18.2 Å². The highest BCUT2D eigenvalue weighted by atomic mass is 19.4. The monoisotopic (exact) mass is 286 g/mol. The molecular weight excluding hydrogens is 269 g/mol. The summed E-state index contributed by atoms with van der Waals surface area (Å²) in [5, 5.41) is 0. The number of anilines is 2. The van der Waals surface area contributed by atoms with Gasteiger partial charge in [0.05, 0.1) is 5.92 Å². The first-order valence-electron chi connectivity index (χ1n) is 6.51. The van der Waals surface area contributed by atoms with Gasteiger partial charge in [-0.2, -0.15) is 13.2 Å². The first-order chi connectivity index (χ1) is 9.29. The second-order valence-corrected chi connectivity index (χ2v) is 5.15. The first-order valence-corrected chi connectivity index (χ1v) is 6.51. The number of carbonyl (C=O) groups excluding carboxylic acids is 1. The van der Waals surface area contributed by atoms with E-state index >= 15 is 0 Å². The number of Topliss-reactive ketones (excluding diaryl/α,β-unsaturated/α-hetero) is 1. The lowest BCUT2D eigenvalue weighted by Gasteiger charge is -2.35. The van der Waals surface area contributed by atoms with Gasteiger partial charge >= 0.3 is 6.18 Å². The minimum absolute atomic E-state index is 0.0647. The fourth-order valence-electron chi connectivity index (χ4n) is 2.52. The maximum atomic E-state index is 12.8. The highest BCUT2D eigenvalue weighted by molar-refractivity contribution is 6.00. The van der Waals surface area contributed by atoms with Crippen LogP contribution in [0.2, 0.25) is 0 Å². The van der Waals surface area contributed by atoms with Gasteiger partial charge in [-0.1, -0.05) is 0 Å². The number of nitrogens with two attached hydrogens (primary N) is 1. The van der Waals surface area contributed by atoms with Crippen molar-refractivity contribution in [3.8, 4) is 0 Å². The number of halogens is 3. The molecule has 1 saturated heterocycles. The quantitative estimate of drug-likeness (QED) is 0.670. The summed E-state index contributed by atoms with van der Waals surface area (Å²) < 4.78 is 38.4. The second kappa shape index (κ2) is 5.34. The summed E-state index contributed by atoms with van der Waals surface area (Å²) >= 11 is 0. The highest BCUT2D eigenvalue weighted by Crippen LogP contribution is 2.35. The van der Waals surface area contributed by atoms with E-state index in [-0.39, 0.29) is 18.7 Å². The lowest BCUT2D eigenvalue weighted by atomic mass is 9.96. The van der Waals surface area contributed by atoms with Crippen molar-refractivity contribution in [1.82, 2.24) is 0 Å². The lowest BCUT2D eigenvalue weighted by Crippen LogP contribution is -2.41. The van der Waals surface area contributed by atoms with Gasteiger partial charge in [0.2, 0.25) is 0 Å². The van der Waals surface area contributed by atoms with E-state index in [0.29, 0.717) is 29.9 Å². The van der Waals surface area contributed by atoms with Crippen molar-refractivity contribution in [3.63, 3.8) is 0 Å². The molecule has 0 aromatic heterocycles. The van der Waals surface area contributed by atoms with Crippen LogP contribution in [0.25, 0.3) is 0 Å². The Morgan fingerprint density at radius 2 is 2.10 bits per heavy atom. The number of hydrogen-bond acceptors (Lipinski definition) is 3. The molecule has 2 rings (SSSR count). The van der Waals surface area contributed by atoms with Crippen molar-refractivity contribution in [3.05, 3.63) is 23.8 Å². The summed E-state index contributed by atoms with van der Waals surface area (Å²) in [7, 11) is 0. The Morgan fingerprint density at radius 1 is 1.40 bits per heavy atom. The molecule has 3 nitrogen and oxygen atoms in total. The minimum atomic E-state index is -4.17. The molecule has 110 valence electrons. The molecule has 1 atom stereocenters. The lowest BCUT2D eigenvalue weighted by molar-refractivity contribution is -0.175. The SMILES string of the molecule is CC(=O)c1cc(N2CCCC(C(F)(F)F)C2)ccc1N. The third-order valence-electron chi connectivity index (χ3n) is 3.67. The van der Waals surface area contributed by atoms with E-state index in [1.54, 1.807) is 23.1 Å². The summed E-state index contributed by atoms with van der Waals surface area (Å²) in [4.78, 5) is 13.1. The van der Waals surface area contributed by atoms with Gasteiger partial charge in [0, 0.05) is 30.0 Å². The van der Waals surface area contributed by atoms with Crippen molar-refractivity contribution < 1.29 is 18.0 Å². The van der Waals surface area contributed by atoms with E-state index in [4.69, 9.17) is 5.73 Å². The van der Waals surface area contributed by atoms with E-state index in [0.717, 1.165) is 0 Å². The smallest absolute Gasteiger partial charge is 0.393 e. The Balaban J connectivity index is 2.23. The van der Waals surface area contributed by atoms with Crippen molar-refractivity contribution in [2.75, 3.05) is 23.7 Å². The number of alkyl halides is 3. The van der Waals surface area contributed by atoms with Gasteiger partial charge < -0.3 is 10.6 Å². The summed E-state index contributed by atoms with van der Waals surface area (Å²) in [6.45, 7) is 1.89. The van der Waals surface area contributed by atoms with E-state index in [1.807, 2.05) is 0 Å². The molecule has 1 aliphatic rings. The van der Waals surface area contributed by atoms with Crippen molar-refractivity contribution in [2.24, 2.45) is 5.92 Å². The largest absolute Gasteiger partial charge is 0.398 e. The number of benzene rings is 1. The van der Waals surface area contributed by atoms with Gasteiger partial charge in [-0.05, 0) is 38.0 Å². The van der Waals surface area contributed by atoms with Gasteiger partial charge in [-0.3, -0.25) is 4.79 Å². The normalized spacial score (nSPS) is 20.0. The molecule has 6 heteroatoms. The topological polar surface area (TPSA) is 46.3 Å². The zero-order chi connectivity index (χ0) is 14.9. The summed E-state index contributed by atoms with van der Waals surface area (Å²) in [6.07, 6.45) is -3.52. The molecular formula is C14H17F3N2O. The maximum Gasteiger partial charge on any atom is 0.393 e. The second-order valence-electron chi connectivity index (χ2n) is 5.15. The third-order valence-corrected chi connectivity index (χ3v) is 3.67. The maximum absolute atomic E-state index is 12.8. The molecule has 1 aromatic rings. The molecule has 1 fully saturated rings. The predicted molar refractivity (Wildman–Crippen MR) is 71.9 cm³/mol. The Bertz CT molecular complexity index is 514. The zero-order valence-electron chi connectivity index (χ0n) is 11.2. The number of carbonyl (C=O) groups is 1. The first kappa shape index (κ1) is 14.7. The fourth-order valence-corrected chi connectivity index (χ4v) is 2.52. The molecule has 0 radical (unpaired) electrons. The zero-order valence-corrected chi connectivity index (χ0v) is 11.2. The van der Waals surface area contributed by atoms with E-state index in [9.17, 15) is 18.0 Å². The van der Waals surface area contributed by atoms with E-state index < -0.39 is 12.1 Å². The fraction of sp³-hybridized carbons (Fsp3) is 0.500. The molecule has 1 unspecified atom stereocenters. The van der Waals surface area contributed by atoms with Gasteiger partial charge in [0.1, 0.15) is 0 Å². The van der Waals surface area contributed by atoms with Crippen LogP contribution in [0.4, 0.5) is 24.5 Å². The number of piperidine rings is 1. The molecule has 0 bridgehead atoms. The molecule has 0 saturated carbocycles. The summed E-state index contributed by atoms with van der Waals surface area (Å²) in [5.74, 6) is -1.50. The van der Waals surface area contributed by atoms with Crippen LogP contribution in [0.3, 0.4) is 0 Å². The molecule has 0 aliphatic carbocycles. The predicted octanol–water partition coefficient (Wildman–Crippen LogP) is 3.25. The van der Waals surface area contributed by atoms with Crippen molar-refractivity contribution in [1.29, 1.82) is 0 Å². The van der Waals surface area contributed by atoms with Crippen LogP contribution in [0.5, 0.6) is 0 Å². The van der Waals surface area contributed by atoms with Crippen LogP contribution >= 0.6 is 0 Å². The Hall–Kier alpha value is -1.72. The number of hydrogen-bond donors (Lipinski definition) is 1. The van der Waals surface area contributed by atoms with Crippen LogP contribution in [0, 0.1) is 5.92 Å². The summed E-state index contributed by atoms with van der Waals surface area (Å²) in [6, 6.07) is 4.82. The van der Waals surface area contributed by atoms with Crippen molar-refractivity contribution >= 4 is 17.2 Å². The number of ketones is 1. The number of nitrogens with zero attached hydrogens (tertiary/aromatic N) is 1. The summed E-state index contributed by atoms with van der Waals surface area (Å²) in [5.41, 5.74) is 7.03. The molecule has 1 heterocycles. The molecule has 1 aromatic carbocycles. The van der Waals surface area contributed by atoms with Crippen LogP contribution in [-0.2, 0) is 0 Å². The molecule has 0 amide bonds. The van der Waals surface area contributed by atoms with Crippen molar-refractivity contribution in [2.45, 2.75) is 25.9 Å². The molecule has 2 N–H and O–H groups in total. The Morgan fingerprint density at radius 3 is 2.70 bits per heavy atom. The van der Waals surface area contributed by atoms with Crippen LogP contribution in [-0.4, -0.2) is 25.0 Å². The van der Waals surface area contributed by atoms with Gasteiger partial charge in [-0.25, -0.2) is 0 Å². The molecule has 1 aliphatic heterocycles. The van der Waals surface area contributed by atoms with Gasteiger partial charge in [-0.15, -0.1) is 0 Å². The standard InChI is InChI=1S/C14H17F3N2O/c1-9(20)12-7-11(4-5-13(12)18)19-6-2-3-10(8-19)14(15,16)17/h4-5,7,10H,2-3,6,8,18H2,1H3. The van der Waals surface area contributed by atoms with Crippen LogP contribution < -0.4 is 10.6 Å². The minimum Gasteiger partial charge on any atom is -0.398 e. The average molecular weight is 286 g/mol. The van der Waals surface area contributed by atoms with E-state index in [1.165, 1.54) is 6.92 Å². The van der Waals surface area contributed by atoms with Crippen LogP contribution in [0.1, 0.15) is 30.1 Å². The molecule has 20 heavy (non-hydrogen) atoms. The average Bonchev–Trinajstić information content (AvgIpc) is 2.38. The third kappa shape index (κ3) is 3.05.